The zero-order valence-electron chi connectivity index (χ0n) is 23.2. The summed E-state index contributed by atoms with van der Waals surface area (Å²) in [5, 5.41) is 3.09. The number of nitrogens with one attached hydrogen (secondary N) is 2. The van der Waals surface area contributed by atoms with Crippen LogP contribution in [0, 0.1) is 5.82 Å². The maximum Gasteiger partial charge on any atom is 0.410 e. The van der Waals surface area contributed by atoms with Crippen molar-refractivity contribution in [3.8, 4) is 10.4 Å². The van der Waals surface area contributed by atoms with Gasteiger partial charge in [0.2, 0.25) is 5.91 Å². The second-order valence-corrected chi connectivity index (χ2v) is 11.6. The Kier molecular flexibility index (Phi) is 9.83. The summed E-state index contributed by atoms with van der Waals surface area (Å²) < 4.78 is 24.4. The fraction of sp³-hybridized carbons (Fsp3) is 0.387. The molecular formula is C31H34FN3O6S. The normalized spacial score (nSPS) is 18.2. The van der Waals surface area contributed by atoms with Gasteiger partial charge < -0.3 is 19.7 Å². The SMILES string of the molecule is O=C(CC1(NC(=O)c2ccc(-c3ccc(F)cc3)s2)CCN(C(=O)OCc2ccccc2)CC1)NOC1CCCCO1. The van der Waals surface area contributed by atoms with Crippen LogP contribution < -0.4 is 10.8 Å². The molecule has 0 radical (unpaired) electrons. The van der Waals surface area contributed by atoms with Gasteiger partial charge in [-0.25, -0.2) is 19.5 Å². The number of amides is 3. The third-order valence-electron chi connectivity index (χ3n) is 7.46. The van der Waals surface area contributed by atoms with Gasteiger partial charge in [-0.05, 0) is 61.1 Å². The Morgan fingerprint density at radius 3 is 2.48 bits per heavy atom. The number of carbonyl (C=O) groups excluding carboxylic acids is 3. The predicted octanol–water partition coefficient (Wildman–Crippen LogP) is 5.42. The summed E-state index contributed by atoms with van der Waals surface area (Å²) in [7, 11) is 0. The summed E-state index contributed by atoms with van der Waals surface area (Å²) in [6, 6.07) is 19.0. The number of piperidine rings is 1. The largest absolute Gasteiger partial charge is 0.445 e. The summed E-state index contributed by atoms with van der Waals surface area (Å²) in [6.45, 7) is 1.35. The number of halogens is 1. The number of rotatable bonds is 9. The van der Waals surface area contributed by atoms with Crippen LogP contribution in [-0.2, 0) is 25.7 Å². The molecule has 0 aliphatic carbocycles. The molecule has 222 valence electrons. The van der Waals surface area contributed by atoms with Gasteiger partial charge in [-0.3, -0.25) is 9.59 Å². The zero-order chi connectivity index (χ0) is 29.4. The lowest BCUT2D eigenvalue weighted by molar-refractivity contribution is -0.201. The van der Waals surface area contributed by atoms with E-state index < -0.39 is 17.9 Å². The van der Waals surface area contributed by atoms with E-state index in [4.69, 9.17) is 14.3 Å². The Bertz CT molecular complexity index is 1350. The summed E-state index contributed by atoms with van der Waals surface area (Å²) in [5.41, 5.74) is 3.28. The number of benzene rings is 2. The van der Waals surface area contributed by atoms with Crippen molar-refractivity contribution >= 4 is 29.2 Å². The van der Waals surface area contributed by atoms with Gasteiger partial charge in [0.25, 0.3) is 5.91 Å². The number of hydroxylamine groups is 1. The van der Waals surface area contributed by atoms with Crippen molar-refractivity contribution in [2.45, 2.75) is 57.0 Å². The molecule has 2 fully saturated rings. The molecule has 1 unspecified atom stereocenters. The summed E-state index contributed by atoms with van der Waals surface area (Å²) in [5.74, 6) is -1.04. The number of hydrogen-bond donors (Lipinski definition) is 2. The van der Waals surface area contributed by atoms with E-state index in [-0.39, 0.29) is 30.7 Å². The molecule has 2 N–H and O–H groups in total. The highest BCUT2D eigenvalue weighted by molar-refractivity contribution is 7.17. The number of likely N-dealkylation sites (tertiary alicyclic amines) is 1. The van der Waals surface area contributed by atoms with Gasteiger partial charge >= 0.3 is 6.09 Å². The first kappa shape index (κ1) is 29.7. The lowest BCUT2D eigenvalue weighted by atomic mass is 9.84. The molecule has 1 atom stereocenters. The minimum atomic E-state index is -0.909. The molecule has 0 bridgehead atoms. The van der Waals surface area contributed by atoms with Crippen LogP contribution >= 0.6 is 11.3 Å². The van der Waals surface area contributed by atoms with Crippen LogP contribution in [-0.4, -0.2) is 54.3 Å². The second kappa shape index (κ2) is 13.9. The van der Waals surface area contributed by atoms with Crippen LogP contribution in [0.3, 0.4) is 0 Å². The van der Waals surface area contributed by atoms with Crippen LogP contribution in [0.1, 0.15) is 53.8 Å². The van der Waals surface area contributed by atoms with Crippen molar-refractivity contribution in [3.05, 3.63) is 83.0 Å². The summed E-state index contributed by atoms with van der Waals surface area (Å²) in [6.07, 6.45) is 2.33. The maximum atomic E-state index is 13.4. The molecule has 2 aromatic carbocycles. The van der Waals surface area contributed by atoms with Crippen LogP contribution in [0.2, 0.25) is 0 Å². The number of carbonyl (C=O) groups is 3. The van der Waals surface area contributed by atoms with E-state index in [9.17, 15) is 18.8 Å². The van der Waals surface area contributed by atoms with E-state index in [1.165, 1.54) is 23.5 Å². The van der Waals surface area contributed by atoms with E-state index in [2.05, 4.69) is 10.8 Å². The molecule has 3 heterocycles. The van der Waals surface area contributed by atoms with Gasteiger partial charge in [-0.2, -0.15) is 0 Å². The molecule has 3 amide bonds. The van der Waals surface area contributed by atoms with Gasteiger partial charge in [-0.1, -0.05) is 42.5 Å². The molecular weight excluding hydrogens is 561 g/mol. The topological polar surface area (TPSA) is 106 Å². The fourth-order valence-corrected chi connectivity index (χ4v) is 5.99. The number of hydrogen-bond acceptors (Lipinski definition) is 7. The van der Waals surface area contributed by atoms with Crippen LogP contribution in [0.4, 0.5) is 9.18 Å². The van der Waals surface area contributed by atoms with Gasteiger partial charge in [0.05, 0.1) is 16.8 Å². The summed E-state index contributed by atoms with van der Waals surface area (Å²) >= 11 is 1.28. The van der Waals surface area contributed by atoms with Crippen molar-refractivity contribution in [2.75, 3.05) is 19.7 Å². The third kappa shape index (κ3) is 7.93. The van der Waals surface area contributed by atoms with Crippen molar-refractivity contribution in [1.82, 2.24) is 15.7 Å². The van der Waals surface area contributed by atoms with Crippen LogP contribution in [0.25, 0.3) is 10.4 Å². The molecule has 0 saturated carbocycles. The molecule has 5 rings (SSSR count). The highest BCUT2D eigenvalue weighted by Gasteiger charge is 2.40. The van der Waals surface area contributed by atoms with Crippen molar-refractivity contribution in [1.29, 1.82) is 0 Å². The molecule has 2 aliphatic heterocycles. The fourth-order valence-electron chi connectivity index (χ4n) is 5.08. The van der Waals surface area contributed by atoms with Gasteiger partial charge in [0.15, 0.2) is 6.29 Å². The van der Waals surface area contributed by atoms with E-state index in [0.717, 1.165) is 28.8 Å². The molecule has 9 nitrogen and oxygen atoms in total. The third-order valence-corrected chi connectivity index (χ3v) is 8.60. The summed E-state index contributed by atoms with van der Waals surface area (Å²) in [4.78, 5) is 47.5. The quantitative estimate of drug-likeness (QED) is 0.320. The molecule has 1 aromatic heterocycles. The Labute approximate surface area is 247 Å². The van der Waals surface area contributed by atoms with E-state index in [1.54, 1.807) is 23.1 Å². The van der Waals surface area contributed by atoms with Gasteiger partial charge in [-0.15, -0.1) is 11.3 Å². The van der Waals surface area contributed by atoms with Crippen LogP contribution in [0.15, 0.2) is 66.7 Å². The molecule has 2 aliphatic rings. The standard InChI is InChI=1S/C31H34FN3O6S/c32-24-11-9-23(10-12-24)25-13-14-26(42-25)29(37)33-31(20-27(36)34-41-28-8-4-5-19-39-28)15-17-35(18-16-31)30(38)40-21-22-6-2-1-3-7-22/h1-3,6-7,9-14,28H,4-5,8,15-21H2,(H,33,37)(H,34,36). The van der Waals surface area contributed by atoms with E-state index in [0.29, 0.717) is 43.8 Å². The maximum absolute atomic E-state index is 13.4. The zero-order valence-corrected chi connectivity index (χ0v) is 24.0. The Morgan fingerprint density at radius 1 is 1.00 bits per heavy atom. The predicted molar refractivity (Wildman–Crippen MR) is 155 cm³/mol. The second-order valence-electron chi connectivity index (χ2n) is 10.5. The van der Waals surface area contributed by atoms with Gasteiger partial charge in [0, 0.05) is 31.0 Å². The number of thiophene rings is 1. The Hall–Kier alpha value is -3.80. The smallest absolute Gasteiger partial charge is 0.410 e. The van der Waals surface area contributed by atoms with E-state index in [1.807, 2.05) is 36.4 Å². The highest BCUT2D eigenvalue weighted by Crippen LogP contribution is 2.31. The monoisotopic (exact) mass is 595 g/mol. The minimum Gasteiger partial charge on any atom is -0.445 e. The molecule has 42 heavy (non-hydrogen) atoms. The lowest BCUT2D eigenvalue weighted by Crippen LogP contribution is -2.58. The van der Waals surface area contributed by atoms with Crippen molar-refractivity contribution < 1.29 is 33.1 Å². The lowest BCUT2D eigenvalue weighted by Gasteiger charge is -2.41. The number of ether oxygens (including phenoxy) is 2. The first-order valence-corrected chi connectivity index (χ1v) is 14.9. The van der Waals surface area contributed by atoms with Gasteiger partial charge in [0.1, 0.15) is 12.4 Å². The van der Waals surface area contributed by atoms with Crippen molar-refractivity contribution in [2.24, 2.45) is 0 Å². The first-order chi connectivity index (χ1) is 20.4. The van der Waals surface area contributed by atoms with Crippen molar-refractivity contribution in [3.63, 3.8) is 0 Å². The van der Waals surface area contributed by atoms with Crippen LogP contribution in [0.5, 0.6) is 0 Å². The van der Waals surface area contributed by atoms with E-state index >= 15 is 0 Å². The minimum absolute atomic E-state index is 0.0332. The average molecular weight is 596 g/mol. The first-order valence-electron chi connectivity index (χ1n) is 14.1. The molecule has 0 spiro atoms. The Balaban J connectivity index is 1.23. The molecule has 11 heteroatoms. The Morgan fingerprint density at radius 2 is 1.76 bits per heavy atom. The molecule has 2 saturated heterocycles. The highest BCUT2D eigenvalue weighted by atomic mass is 32.1. The molecule has 3 aromatic rings. The number of nitrogens with zero attached hydrogens (tertiary/aromatic N) is 1. The average Bonchev–Trinajstić information content (AvgIpc) is 3.51.